The first-order chi connectivity index (χ1) is 7.50. The first kappa shape index (κ1) is 15.4. The quantitative estimate of drug-likeness (QED) is 0.647. The van der Waals surface area contributed by atoms with Crippen LogP contribution in [-0.4, -0.2) is 43.7 Å². The van der Waals surface area contributed by atoms with Crippen LogP contribution in [0.1, 0.15) is 33.1 Å². The van der Waals surface area contributed by atoms with E-state index in [0.717, 1.165) is 12.8 Å². The van der Waals surface area contributed by atoms with Crippen molar-refractivity contribution >= 4 is 10.2 Å². The molecule has 94 valence electrons. The minimum Gasteiger partial charge on any atom is -0.198 e. The molecule has 0 bridgehead atoms. The van der Waals surface area contributed by atoms with E-state index in [1.807, 2.05) is 19.9 Å². The molecular formula is C10H21N3O2S. The van der Waals surface area contributed by atoms with Gasteiger partial charge in [-0.1, -0.05) is 13.8 Å². The third-order valence-electron chi connectivity index (χ3n) is 2.20. The highest BCUT2D eigenvalue weighted by Crippen LogP contribution is 2.08. The third kappa shape index (κ3) is 4.47. The van der Waals surface area contributed by atoms with Crippen LogP contribution in [0.3, 0.4) is 0 Å². The molecule has 0 amide bonds. The SMILES string of the molecule is CCCN(CCC)S(=O)(=O)N(C)CCC#N. The number of hydrogen-bond acceptors (Lipinski definition) is 3. The molecule has 6 heteroatoms. The van der Waals surface area contributed by atoms with Crippen molar-refractivity contribution in [2.45, 2.75) is 33.1 Å². The molecule has 0 saturated heterocycles. The average molecular weight is 247 g/mol. The second-order valence-electron chi connectivity index (χ2n) is 3.64. The Morgan fingerprint density at radius 1 is 1.12 bits per heavy atom. The van der Waals surface area contributed by atoms with E-state index in [4.69, 9.17) is 5.26 Å². The lowest BCUT2D eigenvalue weighted by atomic mass is 10.4. The molecule has 0 N–H and O–H groups in total. The number of nitriles is 1. The van der Waals surface area contributed by atoms with Crippen LogP contribution in [0.15, 0.2) is 0 Å². The molecule has 0 spiro atoms. The summed E-state index contributed by atoms with van der Waals surface area (Å²) in [6, 6.07) is 1.95. The van der Waals surface area contributed by atoms with Gasteiger partial charge in [0, 0.05) is 33.1 Å². The highest BCUT2D eigenvalue weighted by Gasteiger charge is 2.24. The maximum Gasteiger partial charge on any atom is 0.281 e. The Kier molecular flexibility index (Phi) is 7.30. The molecule has 0 aromatic carbocycles. The summed E-state index contributed by atoms with van der Waals surface area (Å²) in [5.74, 6) is 0. The van der Waals surface area contributed by atoms with Crippen LogP contribution in [0.25, 0.3) is 0 Å². The molecule has 16 heavy (non-hydrogen) atoms. The Balaban J connectivity index is 4.63. The lowest BCUT2D eigenvalue weighted by Gasteiger charge is -2.26. The summed E-state index contributed by atoms with van der Waals surface area (Å²) in [5.41, 5.74) is 0. The van der Waals surface area contributed by atoms with Crippen LogP contribution in [0, 0.1) is 11.3 Å². The van der Waals surface area contributed by atoms with E-state index in [2.05, 4.69) is 0 Å². The van der Waals surface area contributed by atoms with Crippen molar-refractivity contribution in [3.05, 3.63) is 0 Å². The largest absolute Gasteiger partial charge is 0.281 e. The van der Waals surface area contributed by atoms with Crippen molar-refractivity contribution in [2.75, 3.05) is 26.7 Å². The standard InChI is InChI=1S/C10H21N3O2S/c1-4-8-13(9-5-2)16(14,15)12(3)10-6-7-11/h4-6,8-10H2,1-3H3. The predicted molar refractivity (Wildman–Crippen MR) is 63.9 cm³/mol. The van der Waals surface area contributed by atoms with E-state index in [9.17, 15) is 8.42 Å². The molecule has 0 rings (SSSR count). The van der Waals surface area contributed by atoms with Crippen molar-refractivity contribution < 1.29 is 8.42 Å². The van der Waals surface area contributed by atoms with Crippen molar-refractivity contribution in [1.29, 1.82) is 5.26 Å². The zero-order valence-electron chi connectivity index (χ0n) is 10.3. The van der Waals surface area contributed by atoms with Crippen molar-refractivity contribution in [3.8, 4) is 6.07 Å². The van der Waals surface area contributed by atoms with Gasteiger partial charge in [0.25, 0.3) is 10.2 Å². The van der Waals surface area contributed by atoms with E-state index in [1.54, 1.807) is 0 Å². The highest BCUT2D eigenvalue weighted by molar-refractivity contribution is 7.86. The summed E-state index contributed by atoms with van der Waals surface area (Å²) in [5, 5.41) is 8.44. The van der Waals surface area contributed by atoms with Crippen LogP contribution in [0.4, 0.5) is 0 Å². The van der Waals surface area contributed by atoms with E-state index < -0.39 is 10.2 Å². The van der Waals surface area contributed by atoms with Gasteiger partial charge in [-0.15, -0.1) is 0 Å². The Morgan fingerprint density at radius 3 is 2.00 bits per heavy atom. The molecular weight excluding hydrogens is 226 g/mol. The van der Waals surface area contributed by atoms with Gasteiger partial charge in [-0.05, 0) is 12.8 Å². The second kappa shape index (κ2) is 7.60. The lowest BCUT2D eigenvalue weighted by molar-refractivity contribution is 0.360. The minimum absolute atomic E-state index is 0.224. The molecule has 0 saturated carbocycles. The lowest BCUT2D eigenvalue weighted by Crippen LogP contribution is -2.42. The van der Waals surface area contributed by atoms with E-state index >= 15 is 0 Å². The fourth-order valence-corrected chi connectivity index (χ4v) is 2.90. The smallest absolute Gasteiger partial charge is 0.198 e. The van der Waals surface area contributed by atoms with Crippen LogP contribution in [0.2, 0.25) is 0 Å². The molecule has 0 radical (unpaired) electrons. The van der Waals surface area contributed by atoms with E-state index in [-0.39, 0.29) is 13.0 Å². The molecule has 0 unspecified atom stereocenters. The molecule has 0 aliphatic heterocycles. The monoisotopic (exact) mass is 247 g/mol. The second-order valence-corrected chi connectivity index (χ2v) is 5.67. The van der Waals surface area contributed by atoms with E-state index in [0.29, 0.717) is 13.1 Å². The Bertz CT molecular complexity index is 315. The summed E-state index contributed by atoms with van der Waals surface area (Å²) in [6.07, 6.45) is 1.82. The Hall–Kier alpha value is -0.640. The summed E-state index contributed by atoms with van der Waals surface area (Å²) >= 11 is 0. The maximum atomic E-state index is 12.1. The van der Waals surface area contributed by atoms with Gasteiger partial charge >= 0.3 is 0 Å². The molecule has 0 aromatic heterocycles. The summed E-state index contributed by atoms with van der Waals surface area (Å²) in [4.78, 5) is 0. The molecule has 0 heterocycles. The predicted octanol–water partition coefficient (Wildman–Crippen LogP) is 1.20. The highest BCUT2D eigenvalue weighted by atomic mass is 32.2. The van der Waals surface area contributed by atoms with Crippen molar-refractivity contribution in [2.24, 2.45) is 0 Å². The van der Waals surface area contributed by atoms with Gasteiger partial charge in [-0.2, -0.15) is 22.3 Å². The van der Waals surface area contributed by atoms with Gasteiger partial charge < -0.3 is 0 Å². The van der Waals surface area contributed by atoms with Gasteiger partial charge in [-0.3, -0.25) is 0 Å². The Labute approximate surface area is 98.8 Å². The van der Waals surface area contributed by atoms with E-state index in [1.165, 1.54) is 15.7 Å². The Morgan fingerprint density at radius 2 is 1.62 bits per heavy atom. The average Bonchev–Trinajstić information content (AvgIpc) is 2.25. The first-order valence-corrected chi connectivity index (χ1v) is 6.98. The molecule has 0 atom stereocenters. The van der Waals surface area contributed by atoms with Gasteiger partial charge in [0.05, 0.1) is 6.07 Å². The van der Waals surface area contributed by atoms with Crippen LogP contribution in [0.5, 0.6) is 0 Å². The maximum absolute atomic E-state index is 12.1. The van der Waals surface area contributed by atoms with Crippen molar-refractivity contribution in [3.63, 3.8) is 0 Å². The first-order valence-electron chi connectivity index (χ1n) is 5.59. The number of rotatable bonds is 8. The molecule has 0 aliphatic carbocycles. The topological polar surface area (TPSA) is 64.4 Å². The zero-order valence-corrected chi connectivity index (χ0v) is 11.1. The fraction of sp³-hybridized carbons (Fsp3) is 0.900. The molecule has 0 fully saturated rings. The molecule has 0 aromatic rings. The van der Waals surface area contributed by atoms with Gasteiger partial charge in [0.1, 0.15) is 0 Å². The van der Waals surface area contributed by atoms with Gasteiger partial charge in [0.15, 0.2) is 0 Å². The zero-order chi connectivity index (χ0) is 12.6. The normalized spacial score (nSPS) is 12.0. The van der Waals surface area contributed by atoms with Crippen LogP contribution in [-0.2, 0) is 10.2 Å². The summed E-state index contributed by atoms with van der Waals surface area (Å²) in [6.45, 7) is 5.23. The van der Waals surface area contributed by atoms with Gasteiger partial charge in [-0.25, -0.2) is 0 Å². The minimum atomic E-state index is -3.38. The third-order valence-corrected chi connectivity index (χ3v) is 4.19. The number of nitrogens with zero attached hydrogens (tertiary/aromatic N) is 3. The molecule has 0 aliphatic rings. The van der Waals surface area contributed by atoms with Crippen LogP contribution < -0.4 is 0 Å². The summed E-state index contributed by atoms with van der Waals surface area (Å²) < 4.78 is 26.8. The van der Waals surface area contributed by atoms with Gasteiger partial charge in [0.2, 0.25) is 0 Å². The fourth-order valence-electron chi connectivity index (χ4n) is 1.36. The van der Waals surface area contributed by atoms with Crippen molar-refractivity contribution in [1.82, 2.24) is 8.61 Å². The van der Waals surface area contributed by atoms with Crippen LogP contribution >= 0.6 is 0 Å². The summed E-state index contributed by atoms with van der Waals surface area (Å²) in [7, 11) is -1.86. The molecule has 5 nitrogen and oxygen atoms in total. The number of hydrogen-bond donors (Lipinski definition) is 0.